The number of hydrogen-bond acceptors (Lipinski definition) is 4. The van der Waals surface area contributed by atoms with Crippen LogP contribution in [0.3, 0.4) is 0 Å². The zero-order chi connectivity index (χ0) is 15.8. The fourth-order valence-corrected chi connectivity index (χ4v) is 1.22. The molecule has 0 bridgehead atoms. The van der Waals surface area contributed by atoms with E-state index in [1.807, 2.05) is 42.3 Å². The zero-order valence-electron chi connectivity index (χ0n) is 14.2. The van der Waals surface area contributed by atoms with E-state index in [-0.39, 0.29) is 48.8 Å². The van der Waals surface area contributed by atoms with Gasteiger partial charge in [0.15, 0.2) is 0 Å². The smallest absolute Gasteiger partial charge is 0.306 e. The lowest BCUT2D eigenvalue weighted by Gasteiger charge is -2.23. The minimum atomic E-state index is -0.345. The largest absolute Gasteiger partial charge is 0.460 e. The van der Waals surface area contributed by atoms with Gasteiger partial charge in [-0.3, -0.25) is 9.59 Å². The summed E-state index contributed by atoms with van der Waals surface area (Å²) in [4.78, 5) is 22.9. The molecule has 0 saturated heterocycles. The number of quaternary nitrogens is 2. The van der Waals surface area contributed by atoms with Crippen LogP contribution in [0.25, 0.3) is 0 Å². The number of hydrogen-bond donors (Lipinski definition) is 0. The van der Waals surface area contributed by atoms with E-state index in [1.54, 1.807) is 0 Å². The molecule has 0 aliphatic carbocycles. The van der Waals surface area contributed by atoms with Gasteiger partial charge >= 0.3 is 11.9 Å². The molecule has 0 aromatic carbocycles. The Kier molecular flexibility index (Phi) is 11.3. The number of ether oxygens (including phenoxy) is 2. The Bertz CT molecular complexity index is 290. The summed E-state index contributed by atoms with van der Waals surface area (Å²) < 4.78 is 11.6. The van der Waals surface area contributed by atoms with E-state index in [1.165, 1.54) is 0 Å². The Morgan fingerprint density at radius 1 is 0.714 bits per heavy atom. The van der Waals surface area contributed by atoms with Crippen LogP contribution in [-0.4, -0.2) is 89.5 Å². The van der Waals surface area contributed by atoms with Crippen LogP contribution in [0, 0.1) is 0 Å². The molecule has 0 amide bonds. The predicted octanol–water partition coefficient (Wildman–Crippen LogP) is 0.883. The third-order valence-corrected chi connectivity index (χ3v) is 2.58. The maximum atomic E-state index is 11.4. The summed E-state index contributed by atoms with van der Waals surface area (Å²) in [6, 6.07) is 0. The van der Waals surface area contributed by atoms with Crippen LogP contribution in [0.5, 0.6) is 0 Å². The van der Waals surface area contributed by atoms with Gasteiger partial charge in [-0.2, -0.15) is 0 Å². The van der Waals surface area contributed by atoms with E-state index in [2.05, 4.69) is 0 Å². The molecule has 0 aliphatic rings. The van der Waals surface area contributed by atoms with E-state index in [0.29, 0.717) is 13.2 Å². The summed E-state index contributed by atoms with van der Waals surface area (Å²) in [6.07, 6.45) is 0.167. The van der Waals surface area contributed by atoms with Crippen molar-refractivity contribution in [3.63, 3.8) is 0 Å². The lowest BCUT2D eigenvalue weighted by atomic mass is 10.3. The van der Waals surface area contributed by atoms with Crippen molar-refractivity contribution in [3.05, 3.63) is 0 Å². The molecule has 0 N–H and O–H groups in total. The molecule has 0 saturated carbocycles. The molecule has 21 heavy (non-hydrogen) atoms. The maximum Gasteiger partial charge on any atom is 0.306 e. The average molecular weight is 418 g/mol. The molecular weight excluding hydrogens is 387 g/mol. The van der Waals surface area contributed by atoms with Crippen LogP contribution < -0.4 is 0 Å². The highest BCUT2D eigenvalue weighted by Crippen LogP contribution is 1.98. The highest BCUT2D eigenvalue weighted by Gasteiger charge is 2.13. The van der Waals surface area contributed by atoms with Gasteiger partial charge in [-0.1, -0.05) is 0 Å². The lowest BCUT2D eigenvalue weighted by Crippen LogP contribution is -2.38. The second-order valence-corrected chi connectivity index (χ2v) is 6.97. The third kappa shape index (κ3) is 17.5. The fraction of sp³-hybridized carbons (Fsp3) is 0.857. The summed E-state index contributed by atoms with van der Waals surface area (Å²) in [6.45, 7) is 2.25. The second kappa shape index (κ2) is 10.3. The number of carbonyl (C=O) groups is 2. The van der Waals surface area contributed by atoms with E-state index in [4.69, 9.17) is 9.47 Å². The van der Waals surface area contributed by atoms with Gasteiger partial charge < -0.3 is 18.4 Å². The van der Waals surface area contributed by atoms with Gasteiger partial charge in [0.25, 0.3) is 0 Å². The molecule has 126 valence electrons. The number of rotatable bonds is 9. The number of halogens is 1. The Balaban J connectivity index is 0. The molecule has 7 heteroatoms. The van der Waals surface area contributed by atoms with Crippen molar-refractivity contribution in [2.45, 2.75) is 12.8 Å². The second-order valence-electron chi connectivity index (χ2n) is 6.97. The van der Waals surface area contributed by atoms with Crippen molar-refractivity contribution in [2.75, 3.05) is 68.6 Å². The van der Waals surface area contributed by atoms with Crippen molar-refractivity contribution in [3.8, 4) is 0 Å². The zero-order valence-corrected chi connectivity index (χ0v) is 16.5. The van der Waals surface area contributed by atoms with Gasteiger partial charge in [0.05, 0.1) is 55.1 Å². The van der Waals surface area contributed by atoms with Crippen LogP contribution >= 0.6 is 24.0 Å². The summed E-state index contributed by atoms with van der Waals surface area (Å²) in [7, 11) is 12.2. The molecular formula is C14H31IN2O4+2. The molecule has 0 aromatic heterocycles. The first-order valence-corrected chi connectivity index (χ1v) is 6.92. The Morgan fingerprint density at radius 2 is 1.00 bits per heavy atom. The average Bonchev–Trinajstić information content (AvgIpc) is 2.22. The Labute approximate surface area is 145 Å². The molecule has 0 spiro atoms. The van der Waals surface area contributed by atoms with Crippen molar-refractivity contribution in [1.29, 1.82) is 0 Å². The summed E-state index contributed by atoms with van der Waals surface area (Å²) in [5.74, 6) is -0.691. The van der Waals surface area contributed by atoms with Crippen LogP contribution in [0.15, 0.2) is 0 Å². The van der Waals surface area contributed by atoms with Gasteiger partial charge in [-0.05, 0) is 0 Å². The molecule has 0 atom stereocenters. The quantitative estimate of drug-likeness (QED) is 0.317. The first-order chi connectivity index (χ1) is 8.99. The maximum absolute atomic E-state index is 11.4. The molecule has 0 radical (unpaired) electrons. The SMILES string of the molecule is C[N+](C)(C)CCOC(=O)CCC(=O)OCC[N+](C)(C)C.I. The summed E-state index contributed by atoms with van der Waals surface area (Å²) in [5.41, 5.74) is 0. The fourth-order valence-electron chi connectivity index (χ4n) is 1.22. The van der Waals surface area contributed by atoms with E-state index >= 15 is 0 Å². The summed E-state index contributed by atoms with van der Waals surface area (Å²) in [5, 5.41) is 0. The first-order valence-electron chi connectivity index (χ1n) is 6.92. The van der Waals surface area contributed by atoms with E-state index in [9.17, 15) is 9.59 Å². The molecule has 0 unspecified atom stereocenters. The van der Waals surface area contributed by atoms with Crippen molar-refractivity contribution in [2.24, 2.45) is 0 Å². The topological polar surface area (TPSA) is 52.6 Å². The van der Waals surface area contributed by atoms with Crippen LogP contribution in [0.4, 0.5) is 0 Å². The van der Waals surface area contributed by atoms with Gasteiger partial charge in [-0.25, -0.2) is 0 Å². The van der Waals surface area contributed by atoms with Crippen molar-refractivity contribution in [1.82, 2.24) is 0 Å². The van der Waals surface area contributed by atoms with Crippen molar-refractivity contribution < 1.29 is 28.0 Å². The molecule has 0 aliphatic heterocycles. The van der Waals surface area contributed by atoms with Crippen LogP contribution in [0.1, 0.15) is 12.8 Å². The highest BCUT2D eigenvalue weighted by atomic mass is 127. The number of esters is 2. The normalized spacial score (nSPS) is 11.5. The Hall–Kier alpha value is -0.410. The Morgan fingerprint density at radius 3 is 1.24 bits per heavy atom. The molecule has 0 fully saturated rings. The van der Waals surface area contributed by atoms with Gasteiger partial charge in [0, 0.05) is 0 Å². The number of carbonyl (C=O) groups excluding carboxylic acids is 2. The van der Waals surface area contributed by atoms with E-state index < -0.39 is 0 Å². The first kappa shape index (κ1) is 22.9. The lowest BCUT2D eigenvalue weighted by molar-refractivity contribution is -0.870. The highest BCUT2D eigenvalue weighted by molar-refractivity contribution is 14.0. The van der Waals surface area contributed by atoms with Crippen molar-refractivity contribution >= 4 is 35.9 Å². The number of nitrogens with zero attached hydrogens (tertiary/aromatic N) is 2. The minimum absolute atomic E-state index is 0. The number of likely N-dealkylation sites (N-methyl/N-ethyl adjacent to an activating group) is 2. The van der Waals surface area contributed by atoms with Crippen LogP contribution in [0.2, 0.25) is 0 Å². The predicted molar refractivity (Wildman–Crippen MR) is 92.4 cm³/mol. The molecule has 0 heterocycles. The molecule has 0 rings (SSSR count). The van der Waals surface area contributed by atoms with Crippen LogP contribution in [-0.2, 0) is 19.1 Å². The summed E-state index contributed by atoms with van der Waals surface area (Å²) >= 11 is 0. The third-order valence-electron chi connectivity index (χ3n) is 2.58. The van der Waals surface area contributed by atoms with E-state index in [0.717, 1.165) is 22.1 Å². The monoisotopic (exact) mass is 418 g/mol. The van der Waals surface area contributed by atoms with Gasteiger partial charge in [-0.15, -0.1) is 24.0 Å². The molecule has 0 aromatic rings. The van der Waals surface area contributed by atoms with Gasteiger partial charge in [0.2, 0.25) is 0 Å². The van der Waals surface area contributed by atoms with Gasteiger partial charge in [0.1, 0.15) is 26.3 Å². The standard InChI is InChI=1S/C14H30N2O4.HI/c1-15(2,3)9-11-19-13(17)7-8-14(18)20-12-10-16(4,5)6;/h7-12H2,1-6H3;1H/q+2;. The minimum Gasteiger partial charge on any atom is -0.460 e. The molecule has 6 nitrogen and oxygen atoms in total.